The van der Waals surface area contributed by atoms with Crippen LogP contribution < -0.4 is 9.47 Å². The first-order chi connectivity index (χ1) is 17.3. The van der Waals surface area contributed by atoms with E-state index in [0.29, 0.717) is 0 Å². The molecular weight excluding hydrogens is 466 g/mol. The van der Waals surface area contributed by atoms with E-state index in [4.69, 9.17) is 9.47 Å². The fourth-order valence-electron chi connectivity index (χ4n) is 5.44. The van der Waals surface area contributed by atoms with Gasteiger partial charge in [-0.3, -0.25) is 0 Å². The molecular formula is C32H36ClNO2. The van der Waals surface area contributed by atoms with Crippen molar-refractivity contribution in [2.75, 3.05) is 33.9 Å². The van der Waals surface area contributed by atoms with Gasteiger partial charge in [0.05, 0.1) is 14.2 Å². The number of nitrogens with zero attached hydrogens (tertiary/aromatic N) is 1. The minimum atomic E-state index is 0. The number of ether oxygens (including phenoxy) is 2. The number of rotatable bonds is 7. The van der Waals surface area contributed by atoms with E-state index in [1.807, 2.05) is 6.07 Å². The molecule has 3 aromatic rings. The normalized spacial score (nSPS) is 14.9. The van der Waals surface area contributed by atoms with Crippen molar-refractivity contribution in [1.29, 1.82) is 0 Å². The van der Waals surface area contributed by atoms with Crippen molar-refractivity contribution in [3.05, 3.63) is 100 Å². The second kappa shape index (κ2) is 12.3. The summed E-state index contributed by atoms with van der Waals surface area (Å²) >= 11 is 0. The molecule has 0 atom stereocenters. The van der Waals surface area contributed by atoms with E-state index in [1.165, 1.54) is 52.8 Å². The summed E-state index contributed by atoms with van der Waals surface area (Å²) < 4.78 is 10.8. The molecule has 1 heterocycles. The molecule has 3 nitrogen and oxygen atoms in total. The van der Waals surface area contributed by atoms with E-state index in [0.717, 1.165) is 43.9 Å². The third-order valence-electron chi connectivity index (χ3n) is 7.35. The van der Waals surface area contributed by atoms with Gasteiger partial charge in [-0.05, 0) is 84.2 Å². The average molecular weight is 502 g/mol. The Kier molecular flexibility index (Phi) is 8.90. The summed E-state index contributed by atoms with van der Waals surface area (Å²) in [6, 6.07) is 24.0. The monoisotopic (exact) mass is 501 g/mol. The number of likely N-dealkylation sites (tertiary alicyclic amines) is 1. The topological polar surface area (TPSA) is 21.7 Å². The fourth-order valence-corrected chi connectivity index (χ4v) is 5.44. The van der Waals surface area contributed by atoms with Gasteiger partial charge in [-0.1, -0.05) is 72.3 Å². The number of methoxy groups -OCH3 is 2. The number of hydrogen-bond donors (Lipinski definition) is 0. The summed E-state index contributed by atoms with van der Waals surface area (Å²) in [6.07, 6.45) is 10.3. The van der Waals surface area contributed by atoms with Crippen LogP contribution in [-0.4, -0.2) is 38.8 Å². The molecule has 0 bridgehead atoms. The Morgan fingerprint density at radius 1 is 0.722 bits per heavy atom. The fraction of sp³-hybridized carbons (Fsp3) is 0.312. The maximum atomic E-state index is 5.45. The van der Waals surface area contributed by atoms with Crippen LogP contribution in [0.1, 0.15) is 53.5 Å². The SMILES string of the molecule is COc1ccc(CCCCN2CCC(=C3c4ccccc4C=Cc4ccccc43)CC2)cc1OC.Cl. The highest BCUT2D eigenvalue weighted by Crippen LogP contribution is 2.38. The molecule has 36 heavy (non-hydrogen) atoms. The Labute approximate surface area is 221 Å². The van der Waals surface area contributed by atoms with Crippen molar-refractivity contribution in [3.63, 3.8) is 0 Å². The van der Waals surface area contributed by atoms with Gasteiger partial charge < -0.3 is 14.4 Å². The molecule has 2 aliphatic rings. The van der Waals surface area contributed by atoms with E-state index in [2.05, 4.69) is 77.7 Å². The number of aryl methyl sites for hydroxylation is 1. The minimum absolute atomic E-state index is 0. The third kappa shape index (κ3) is 5.69. The first-order valence-corrected chi connectivity index (χ1v) is 12.8. The largest absolute Gasteiger partial charge is 0.493 e. The molecule has 0 N–H and O–H groups in total. The number of unbranched alkanes of at least 4 members (excludes halogenated alkanes) is 1. The van der Waals surface area contributed by atoms with E-state index in [-0.39, 0.29) is 12.4 Å². The Morgan fingerprint density at radius 3 is 1.94 bits per heavy atom. The van der Waals surface area contributed by atoms with Crippen LogP contribution >= 0.6 is 12.4 Å². The van der Waals surface area contributed by atoms with E-state index in [1.54, 1.807) is 19.8 Å². The summed E-state index contributed by atoms with van der Waals surface area (Å²) in [5, 5.41) is 0. The van der Waals surface area contributed by atoms with Crippen LogP contribution in [0.2, 0.25) is 0 Å². The number of fused-ring (bicyclic) bond motifs is 2. The van der Waals surface area contributed by atoms with Gasteiger partial charge in [-0.2, -0.15) is 0 Å². The lowest BCUT2D eigenvalue weighted by Crippen LogP contribution is -2.32. The van der Waals surface area contributed by atoms with Gasteiger partial charge in [-0.25, -0.2) is 0 Å². The highest BCUT2D eigenvalue weighted by molar-refractivity contribution is 5.94. The smallest absolute Gasteiger partial charge is 0.160 e. The van der Waals surface area contributed by atoms with Crippen LogP contribution in [0, 0.1) is 0 Å². The van der Waals surface area contributed by atoms with Gasteiger partial charge in [0.15, 0.2) is 11.5 Å². The van der Waals surface area contributed by atoms with Crippen molar-refractivity contribution in [1.82, 2.24) is 4.90 Å². The lowest BCUT2D eigenvalue weighted by Gasteiger charge is -2.30. The van der Waals surface area contributed by atoms with E-state index < -0.39 is 0 Å². The summed E-state index contributed by atoms with van der Waals surface area (Å²) in [4.78, 5) is 2.64. The summed E-state index contributed by atoms with van der Waals surface area (Å²) in [6.45, 7) is 3.46. The van der Waals surface area contributed by atoms with Gasteiger partial charge in [0, 0.05) is 13.1 Å². The second-order valence-corrected chi connectivity index (χ2v) is 9.47. The Hall–Kier alpha value is -3.01. The zero-order valence-corrected chi connectivity index (χ0v) is 22.2. The van der Waals surface area contributed by atoms with Crippen LogP contribution in [-0.2, 0) is 6.42 Å². The number of halogens is 1. The standard InChI is InChI=1S/C32H35NO2.ClH/c1-34-30-17-14-24(23-31(30)35-2)9-7-8-20-33-21-18-27(19-22-33)32-28-12-5-3-10-25(28)15-16-26-11-4-6-13-29(26)32;/h3-6,10-17,23H,7-9,18-22H2,1-2H3;1H. The highest BCUT2D eigenvalue weighted by atomic mass is 35.5. The Morgan fingerprint density at radius 2 is 1.33 bits per heavy atom. The highest BCUT2D eigenvalue weighted by Gasteiger charge is 2.22. The first kappa shape index (κ1) is 26.1. The first-order valence-electron chi connectivity index (χ1n) is 12.8. The predicted molar refractivity (Wildman–Crippen MR) is 153 cm³/mol. The van der Waals surface area contributed by atoms with Crippen molar-refractivity contribution in [3.8, 4) is 11.5 Å². The molecule has 3 aromatic carbocycles. The van der Waals surface area contributed by atoms with Gasteiger partial charge >= 0.3 is 0 Å². The molecule has 5 rings (SSSR count). The summed E-state index contributed by atoms with van der Waals surface area (Å²) in [5.41, 5.74) is 9.80. The minimum Gasteiger partial charge on any atom is -0.493 e. The van der Waals surface area contributed by atoms with E-state index >= 15 is 0 Å². The van der Waals surface area contributed by atoms with E-state index in [9.17, 15) is 0 Å². The number of benzene rings is 3. The van der Waals surface area contributed by atoms with Gasteiger partial charge in [0.1, 0.15) is 0 Å². The summed E-state index contributed by atoms with van der Waals surface area (Å²) in [5.74, 6) is 1.61. The van der Waals surface area contributed by atoms with Crippen LogP contribution in [0.3, 0.4) is 0 Å². The molecule has 0 spiro atoms. The van der Waals surface area contributed by atoms with Crippen LogP contribution in [0.15, 0.2) is 72.3 Å². The molecule has 0 unspecified atom stereocenters. The molecule has 0 saturated carbocycles. The zero-order chi connectivity index (χ0) is 24.0. The van der Waals surface area contributed by atoms with Crippen LogP contribution in [0.4, 0.5) is 0 Å². The molecule has 1 aliphatic carbocycles. The van der Waals surface area contributed by atoms with Crippen molar-refractivity contribution < 1.29 is 9.47 Å². The van der Waals surface area contributed by atoms with Crippen molar-refractivity contribution in [2.24, 2.45) is 0 Å². The molecule has 188 valence electrons. The van der Waals surface area contributed by atoms with Gasteiger partial charge in [0.25, 0.3) is 0 Å². The third-order valence-corrected chi connectivity index (χ3v) is 7.35. The maximum absolute atomic E-state index is 5.45. The Balaban J connectivity index is 0.00000304. The van der Waals surface area contributed by atoms with Crippen molar-refractivity contribution in [2.45, 2.75) is 32.1 Å². The van der Waals surface area contributed by atoms with Crippen LogP contribution in [0.5, 0.6) is 11.5 Å². The molecule has 1 aliphatic heterocycles. The number of hydrogen-bond acceptors (Lipinski definition) is 3. The summed E-state index contributed by atoms with van der Waals surface area (Å²) in [7, 11) is 3.38. The average Bonchev–Trinajstić information content (AvgIpc) is 3.08. The van der Waals surface area contributed by atoms with Gasteiger partial charge in [0.2, 0.25) is 0 Å². The molecule has 1 fully saturated rings. The quantitative estimate of drug-likeness (QED) is 0.244. The number of piperidine rings is 1. The predicted octanol–water partition coefficient (Wildman–Crippen LogP) is 7.53. The second-order valence-electron chi connectivity index (χ2n) is 9.47. The molecule has 0 aromatic heterocycles. The lowest BCUT2D eigenvalue weighted by molar-refractivity contribution is 0.252. The lowest BCUT2D eigenvalue weighted by atomic mass is 9.86. The Bertz CT molecular complexity index is 1180. The molecule has 0 radical (unpaired) electrons. The van der Waals surface area contributed by atoms with Crippen LogP contribution in [0.25, 0.3) is 17.7 Å². The molecule has 0 amide bonds. The molecule has 1 saturated heterocycles. The zero-order valence-electron chi connectivity index (χ0n) is 21.3. The van der Waals surface area contributed by atoms with Gasteiger partial charge in [-0.15, -0.1) is 12.4 Å². The maximum Gasteiger partial charge on any atom is 0.160 e. The molecule has 4 heteroatoms. The van der Waals surface area contributed by atoms with Crippen molar-refractivity contribution >= 4 is 30.1 Å².